The van der Waals surface area contributed by atoms with E-state index in [9.17, 15) is 4.79 Å². The van der Waals surface area contributed by atoms with Gasteiger partial charge in [-0.25, -0.2) is 0 Å². The molecule has 0 aromatic carbocycles. The van der Waals surface area contributed by atoms with Gasteiger partial charge >= 0.3 is 0 Å². The Morgan fingerprint density at radius 3 is 2.12 bits per heavy atom. The van der Waals surface area contributed by atoms with Gasteiger partial charge in [0.15, 0.2) is 0 Å². The van der Waals surface area contributed by atoms with Crippen LogP contribution in [0.3, 0.4) is 0 Å². The maximum atomic E-state index is 10.7. The molecular formula is C4H8BrClOSi. The smallest absolute Gasteiger partial charge is 0.202 e. The zero-order valence-corrected chi connectivity index (χ0v) is 8.63. The van der Waals surface area contributed by atoms with E-state index in [4.69, 9.17) is 11.1 Å². The maximum Gasteiger partial charge on any atom is 0.202 e. The van der Waals surface area contributed by atoms with Crippen molar-refractivity contribution in [3.8, 4) is 0 Å². The first kappa shape index (κ1) is 8.66. The summed E-state index contributed by atoms with van der Waals surface area (Å²) in [5.41, 5.74) is 0. The monoisotopic (exact) mass is 214 g/mol. The number of rotatable bonds is 2. The second-order valence-electron chi connectivity index (χ2n) is 2.03. The molecule has 0 spiro atoms. The highest BCUT2D eigenvalue weighted by Gasteiger charge is 2.21. The summed E-state index contributed by atoms with van der Waals surface area (Å²) in [6, 6.07) is 0. The number of carbonyl (C=O) groups excluding carboxylic acids is 1. The minimum absolute atomic E-state index is 0.152. The van der Waals surface area contributed by atoms with Crippen LogP contribution < -0.4 is 0 Å². The van der Waals surface area contributed by atoms with Gasteiger partial charge in [0.1, 0.15) is 5.41 Å². The van der Waals surface area contributed by atoms with Gasteiger partial charge in [-0.15, -0.1) is 0 Å². The van der Waals surface area contributed by atoms with Gasteiger partial charge in [0.05, 0.1) is 4.32 Å². The van der Waals surface area contributed by atoms with Crippen LogP contribution in [0.25, 0.3) is 0 Å². The molecule has 0 bridgehead atoms. The third kappa shape index (κ3) is 2.84. The Hall–Kier alpha value is 0.657. The van der Waals surface area contributed by atoms with E-state index in [1.165, 1.54) is 0 Å². The van der Waals surface area contributed by atoms with E-state index in [-0.39, 0.29) is 9.73 Å². The fourth-order valence-electron chi connectivity index (χ4n) is 0.159. The van der Waals surface area contributed by atoms with E-state index in [2.05, 4.69) is 15.9 Å². The lowest BCUT2D eigenvalue weighted by Crippen LogP contribution is -2.26. The summed E-state index contributed by atoms with van der Waals surface area (Å²) in [5, 5.41) is 0.152. The Bertz CT molecular complexity index is 98.7. The van der Waals surface area contributed by atoms with Crippen molar-refractivity contribution < 1.29 is 4.79 Å². The predicted molar refractivity (Wildman–Crippen MR) is 42.4 cm³/mol. The summed E-state index contributed by atoms with van der Waals surface area (Å²) in [7, 11) is -0.979. The average molecular weight is 216 g/mol. The Balaban J connectivity index is 3.82. The van der Waals surface area contributed by atoms with Crippen LogP contribution in [0.2, 0.25) is 0 Å². The second-order valence-corrected chi connectivity index (χ2v) is 5.72. The minimum Gasteiger partial charge on any atom is -0.303 e. The molecule has 0 radical (unpaired) electrons. The molecule has 0 unspecified atom stereocenters. The molecule has 0 aliphatic rings. The summed E-state index contributed by atoms with van der Waals surface area (Å²) >= 11 is 8.60. The zero-order chi connectivity index (χ0) is 6.78. The largest absolute Gasteiger partial charge is 0.303 e. The van der Waals surface area contributed by atoms with E-state index < -0.39 is 8.83 Å². The normalized spacial score (nSPS) is 13.0. The number of alkyl halides is 1. The molecule has 0 aromatic rings. The van der Waals surface area contributed by atoms with Gasteiger partial charge in [0.25, 0.3) is 0 Å². The molecule has 0 saturated carbocycles. The first-order valence-electron chi connectivity index (χ1n) is 2.26. The number of hydrogen-bond donors (Lipinski definition) is 0. The summed E-state index contributed by atoms with van der Waals surface area (Å²) in [5.74, 6) is 0. The molecule has 8 heavy (non-hydrogen) atoms. The van der Waals surface area contributed by atoms with Crippen LogP contribution in [-0.2, 0) is 4.79 Å². The van der Waals surface area contributed by atoms with Crippen molar-refractivity contribution in [2.45, 2.75) is 18.2 Å². The number of halogens is 2. The van der Waals surface area contributed by atoms with Crippen LogP contribution in [0.4, 0.5) is 0 Å². The minimum atomic E-state index is -0.979. The van der Waals surface area contributed by atoms with E-state index in [1.54, 1.807) is 0 Å². The maximum absolute atomic E-state index is 10.7. The van der Waals surface area contributed by atoms with Gasteiger partial charge < -0.3 is 4.79 Å². The quantitative estimate of drug-likeness (QED) is 0.382. The summed E-state index contributed by atoms with van der Waals surface area (Å²) in [6.45, 7) is 3.62. The van der Waals surface area contributed by atoms with Crippen LogP contribution in [0.5, 0.6) is 0 Å². The van der Waals surface area contributed by atoms with Crippen molar-refractivity contribution in [3.63, 3.8) is 0 Å². The van der Waals surface area contributed by atoms with E-state index in [1.807, 2.05) is 13.8 Å². The molecular weight excluding hydrogens is 207 g/mol. The van der Waals surface area contributed by atoms with Gasteiger partial charge in [-0.2, -0.15) is 11.1 Å². The second kappa shape index (κ2) is 2.99. The summed E-state index contributed by atoms with van der Waals surface area (Å²) in [6.07, 6.45) is 0. The third-order valence-electron chi connectivity index (χ3n) is 0.784. The Labute approximate surface area is 64.4 Å². The van der Waals surface area contributed by atoms with Gasteiger partial charge in [0, 0.05) is 0 Å². The lowest BCUT2D eigenvalue weighted by atomic mass is 10.2. The van der Waals surface area contributed by atoms with Crippen molar-refractivity contribution in [1.29, 1.82) is 0 Å². The van der Waals surface area contributed by atoms with Crippen molar-refractivity contribution >= 4 is 41.2 Å². The summed E-state index contributed by atoms with van der Waals surface area (Å²) < 4.78 is -0.388. The van der Waals surface area contributed by atoms with Crippen LogP contribution in [0, 0.1) is 0 Å². The van der Waals surface area contributed by atoms with Crippen LogP contribution in [-0.4, -0.2) is 18.6 Å². The highest BCUT2D eigenvalue weighted by atomic mass is 79.9. The van der Waals surface area contributed by atoms with Crippen molar-refractivity contribution in [3.05, 3.63) is 0 Å². The molecule has 0 amide bonds. The Morgan fingerprint density at radius 2 is 2.12 bits per heavy atom. The van der Waals surface area contributed by atoms with Crippen molar-refractivity contribution in [2.75, 3.05) is 0 Å². The Morgan fingerprint density at radius 1 is 1.75 bits per heavy atom. The lowest BCUT2D eigenvalue weighted by Gasteiger charge is -2.10. The molecule has 0 aliphatic carbocycles. The molecule has 0 atom stereocenters. The third-order valence-corrected chi connectivity index (χ3v) is 3.60. The standard InChI is InChI=1S/C4H8BrClOSi/c1-4(2,5)3(7)8-6/h8H2,1-2H3. The van der Waals surface area contributed by atoms with E-state index in [0.717, 1.165) is 0 Å². The van der Waals surface area contributed by atoms with Gasteiger partial charge in [0.2, 0.25) is 8.83 Å². The first-order chi connectivity index (χ1) is 3.48. The molecule has 0 fully saturated rings. The number of carbonyl (C=O) groups is 1. The van der Waals surface area contributed by atoms with Crippen molar-refractivity contribution in [2.24, 2.45) is 0 Å². The molecule has 0 aromatic heterocycles. The molecule has 0 heterocycles. The van der Waals surface area contributed by atoms with Crippen molar-refractivity contribution in [1.82, 2.24) is 0 Å². The predicted octanol–water partition coefficient (Wildman–Crippen LogP) is 1.01. The molecule has 0 rings (SSSR count). The first-order valence-corrected chi connectivity index (χ1v) is 5.90. The van der Waals surface area contributed by atoms with Crippen LogP contribution in [0.1, 0.15) is 13.8 Å². The highest BCUT2D eigenvalue weighted by molar-refractivity contribution is 9.10. The van der Waals surface area contributed by atoms with E-state index >= 15 is 0 Å². The topological polar surface area (TPSA) is 17.1 Å². The lowest BCUT2D eigenvalue weighted by molar-refractivity contribution is -0.113. The number of hydrogen-bond acceptors (Lipinski definition) is 1. The van der Waals surface area contributed by atoms with Crippen LogP contribution in [0.15, 0.2) is 0 Å². The molecule has 4 heteroatoms. The van der Waals surface area contributed by atoms with Crippen LogP contribution >= 0.6 is 27.0 Å². The average Bonchev–Trinajstić information content (AvgIpc) is 1.62. The molecule has 0 aliphatic heterocycles. The molecule has 0 saturated heterocycles. The Kier molecular flexibility index (Phi) is 3.23. The zero-order valence-electron chi connectivity index (χ0n) is 4.87. The SMILES string of the molecule is CC(C)(Br)C(=O)[SiH2]Cl. The molecule has 48 valence electrons. The fourth-order valence-corrected chi connectivity index (χ4v) is 2.38. The van der Waals surface area contributed by atoms with Gasteiger partial charge in [-0.05, 0) is 13.8 Å². The highest BCUT2D eigenvalue weighted by Crippen LogP contribution is 2.16. The van der Waals surface area contributed by atoms with Gasteiger partial charge in [-0.3, -0.25) is 0 Å². The molecule has 1 nitrogen and oxygen atoms in total. The summed E-state index contributed by atoms with van der Waals surface area (Å²) in [4.78, 5) is 10.7. The van der Waals surface area contributed by atoms with E-state index in [0.29, 0.717) is 0 Å². The van der Waals surface area contributed by atoms with Gasteiger partial charge in [-0.1, -0.05) is 15.9 Å². The fraction of sp³-hybridized carbons (Fsp3) is 0.750. The molecule has 0 N–H and O–H groups in total.